The molecular formula is C42H51N11O5. The molecule has 0 spiro atoms. The Hall–Kier alpha value is -5.77. The van der Waals surface area contributed by atoms with Gasteiger partial charge in [0.15, 0.2) is 17.1 Å². The van der Waals surface area contributed by atoms with Crippen LogP contribution in [0.1, 0.15) is 78.5 Å². The van der Waals surface area contributed by atoms with Crippen LogP contribution in [0, 0.1) is 5.92 Å². The molecule has 5 saturated heterocycles. The molecule has 0 radical (unpaired) electrons. The minimum atomic E-state index is -0.648. The lowest BCUT2D eigenvalue weighted by atomic mass is 9.89. The summed E-state index contributed by atoms with van der Waals surface area (Å²) in [6.07, 6.45) is 7.48. The Balaban J connectivity index is 0.785. The van der Waals surface area contributed by atoms with Crippen molar-refractivity contribution in [2.75, 3.05) is 81.1 Å². The number of hydrogen-bond acceptors (Lipinski definition) is 12. The van der Waals surface area contributed by atoms with Crippen molar-refractivity contribution in [3.8, 4) is 0 Å². The van der Waals surface area contributed by atoms with Crippen molar-refractivity contribution < 1.29 is 23.7 Å². The number of hydrogen-bond donors (Lipinski definition) is 3. The first-order valence-corrected chi connectivity index (χ1v) is 20.7. The molecule has 4 aromatic rings. The summed E-state index contributed by atoms with van der Waals surface area (Å²) in [6, 6.07) is 14.6. The maximum absolute atomic E-state index is 12.7. The van der Waals surface area contributed by atoms with Gasteiger partial charge in [-0.1, -0.05) is 23.4 Å². The number of nitrogens with two attached hydrogens (primary N) is 1. The van der Waals surface area contributed by atoms with Crippen LogP contribution in [0.25, 0.3) is 11.0 Å². The smallest absolute Gasteiger partial charge is 0.320 e. The second kappa shape index (κ2) is 15.9. The lowest BCUT2D eigenvalue weighted by Gasteiger charge is -2.37. The van der Waals surface area contributed by atoms with E-state index in [1.54, 1.807) is 11.1 Å². The van der Waals surface area contributed by atoms with Crippen LogP contribution in [0.5, 0.6) is 0 Å². The van der Waals surface area contributed by atoms with Gasteiger partial charge in [-0.05, 0) is 93.3 Å². The molecule has 0 saturated carbocycles. The van der Waals surface area contributed by atoms with Gasteiger partial charge < -0.3 is 40.1 Å². The predicted molar refractivity (Wildman–Crippen MR) is 218 cm³/mol. The Kier molecular flexibility index (Phi) is 10.3. The molecule has 4 N–H and O–H groups in total. The number of rotatable bonds is 10. The molecule has 5 amide bonds. The van der Waals surface area contributed by atoms with Crippen molar-refractivity contribution in [1.82, 2.24) is 35.1 Å². The second-order valence-corrected chi connectivity index (χ2v) is 16.6. The SMILES string of the molecule is CN1CCN([C@@H]2CCCN(c3cnc(C(N)=O)c(Nc4ccc(C5CCN(C[C@@H]6CCN(c7cccc8c(C9CCC(=O)NC9=O)noc78)C6)CC5)cc4)n3)C2)C1=O. The zero-order valence-corrected chi connectivity index (χ0v) is 32.9. The third kappa shape index (κ3) is 7.52. The van der Waals surface area contributed by atoms with Gasteiger partial charge in [-0.15, -0.1) is 0 Å². The molecule has 5 aliphatic rings. The number of piperidine rings is 3. The van der Waals surface area contributed by atoms with Crippen LogP contribution in [0.15, 0.2) is 53.2 Å². The third-order valence-corrected chi connectivity index (χ3v) is 12.9. The van der Waals surface area contributed by atoms with Crippen LogP contribution in [0.3, 0.4) is 0 Å². The van der Waals surface area contributed by atoms with Gasteiger partial charge in [0.25, 0.3) is 5.91 Å². The number of likely N-dealkylation sites (N-methyl/N-ethyl adjacent to an activating group) is 1. The van der Waals surface area contributed by atoms with Crippen molar-refractivity contribution in [3.05, 3.63) is 65.6 Å². The Bertz CT molecular complexity index is 2200. The average molecular weight is 790 g/mol. The number of likely N-dealkylation sites (tertiary alicyclic amines) is 1. The fourth-order valence-electron chi connectivity index (χ4n) is 9.63. The number of primary amides is 1. The quantitative estimate of drug-likeness (QED) is 0.196. The number of amides is 5. The van der Waals surface area contributed by atoms with Crippen LogP contribution in [-0.4, -0.2) is 126 Å². The zero-order chi connectivity index (χ0) is 39.9. The lowest BCUT2D eigenvalue weighted by molar-refractivity contribution is -0.134. The molecule has 5 aliphatic heterocycles. The van der Waals surface area contributed by atoms with Gasteiger partial charge in [0, 0.05) is 70.4 Å². The van der Waals surface area contributed by atoms with Gasteiger partial charge >= 0.3 is 6.03 Å². The monoisotopic (exact) mass is 789 g/mol. The summed E-state index contributed by atoms with van der Waals surface area (Å²) in [5.74, 6) is 0.299. The zero-order valence-electron chi connectivity index (χ0n) is 32.9. The highest BCUT2D eigenvalue weighted by molar-refractivity contribution is 6.03. The number of imide groups is 1. The summed E-state index contributed by atoms with van der Waals surface area (Å²) < 4.78 is 5.85. The van der Waals surface area contributed by atoms with Crippen LogP contribution < -0.4 is 26.2 Å². The summed E-state index contributed by atoms with van der Waals surface area (Å²) in [5.41, 5.74) is 10.2. The van der Waals surface area contributed by atoms with Gasteiger partial charge in [-0.2, -0.15) is 0 Å². The van der Waals surface area contributed by atoms with Crippen LogP contribution in [0.2, 0.25) is 0 Å². The molecule has 304 valence electrons. The van der Waals surface area contributed by atoms with Crippen molar-refractivity contribution in [2.45, 2.75) is 62.8 Å². The van der Waals surface area contributed by atoms with E-state index in [1.807, 2.05) is 36.2 Å². The second-order valence-electron chi connectivity index (χ2n) is 16.6. The predicted octanol–water partition coefficient (Wildman–Crippen LogP) is 4.02. The first kappa shape index (κ1) is 37.8. The van der Waals surface area contributed by atoms with Gasteiger partial charge in [0.2, 0.25) is 11.8 Å². The van der Waals surface area contributed by atoms with Crippen molar-refractivity contribution in [3.63, 3.8) is 0 Å². The molecule has 9 rings (SSSR count). The van der Waals surface area contributed by atoms with Crippen molar-refractivity contribution in [1.29, 1.82) is 0 Å². The Morgan fingerprint density at radius 2 is 1.76 bits per heavy atom. The van der Waals surface area contributed by atoms with E-state index in [1.165, 1.54) is 5.56 Å². The van der Waals surface area contributed by atoms with E-state index in [9.17, 15) is 19.2 Å². The number of fused-ring (bicyclic) bond motifs is 1. The Morgan fingerprint density at radius 1 is 0.931 bits per heavy atom. The number of nitrogens with zero attached hydrogens (tertiary/aromatic N) is 8. The molecule has 2 aromatic carbocycles. The largest absolute Gasteiger partial charge is 0.368 e. The fourth-order valence-corrected chi connectivity index (χ4v) is 9.63. The molecule has 0 bridgehead atoms. The van der Waals surface area contributed by atoms with E-state index in [0.717, 1.165) is 101 Å². The minimum Gasteiger partial charge on any atom is -0.368 e. The maximum Gasteiger partial charge on any atom is 0.320 e. The van der Waals surface area contributed by atoms with E-state index in [4.69, 9.17) is 15.2 Å². The molecule has 7 heterocycles. The van der Waals surface area contributed by atoms with Gasteiger partial charge in [0.1, 0.15) is 11.5 Å². The van der Waals surface area contributed by atoms with Crippen LogP contribution in [-0.2, 0) is 9.59 Å². The van der Waals surface area contributed by atoms with Crippen LogP contribution >= 0.6 is 0 Å². The maximum atomic E-state index is 12.7. The lowest BCUT2D eigenvalue weighted by Crippen LogP contribution is -2.49. The topological polar surface area (TPSA) is 186 Å². The molecule has 1 unspecified atom stereocenters. The molecule has 58 heavy (non-hydrogen) atoms. The average Bonchev–Trinajstić information content (AvgIpc) is 3.97. The number of urea groups is 1. The van der Waals surface area contributed by atoms with Gasteiger partial charge in [0.05, 0.1) is 23.8 Å². The summed E-state index contributed by atoms with van der Waals surface area (Å²) in [6.45, 7) is 7.91. The number of carbonyl (C=O) groups is 4. The number of para-hydroxylation sites is 1. The van der Waals surface area contributed by atoms with Crippen molar-refractivity contribution in [2.24, 2.45) is 11.7 Å². The highest BCUT2D eigenvalue weighted by atomic mass is 16.5. The van der Waals surface area contributed by atoms with Gasteiger partial charge in [-0.3, -0.25) is 19.7 Å². The molecular weight excluding hydrogens is 739 g/mol. The Labute approximate surface area is 337 Å². The third-order valence-electron chi connectivity index (χ3n) is 12.9. The standard InChI is InChI=1S/C42H51N11O5/c1-49-20-21-53(42(49)57)30-4-3-16-52(25-30)34-22-44-37(39(43)55)40(46-34)45-29-9-7-27(8-10-29)28-14-17-50(18-15-28)23-26-13-19-51(24-26)33-6-2-5-31-36(48-58-38(31)33)32-11-12-35(54)47-41(32)56/h2,5-10,22,26,28,30,32H,3-4,11-21,23-25H2,1H3,(H2,43,55)(H,45,46)(H,47,54,56)/t26-,30+,32?/m0/s1. The van der Waals surface area contributed by atoms with E-state index in [2.05, 4.69) is 53.7 Å². The fraction of sp³-hybridized carbons (Fsp3) is 0.500. The Morgan fingerprint density at radius 3 is 2.52 bits per heavy atom. The van der Waals surface area contributed by atoms with E-state index < -0.39 is 11.8 Å². The highest BCUT2D eigenvalue weighted by Crippen LogP contribution is 2.37. The molecule has 5 fully saturated rings. The number of carbonyl (C=O) groups excluding carboxylic acids is 4. The first-order chi connectivity index (χ1) is 28.2. The first-order valence-electron chi connectivity index (χ1n) is 20.7. The molecule has 16 heteroatoms. The number of aromatic nitrogens is 3. The number of anilines is 4. The normalized spacial score (nSPS) is 23.6. The van der Waals surface area contributed by atoms with E-state index in [-0.39, 0.29) is 29.6 Å². The molecule has 16 nitrogen and oxygen atoms in total. The molecule has 2 aromatic heterocycles. The molecule has 3 atom stereocenters. The summed E-state index contributed by atoms with van der Waals surface area (Å²) >= 11 is 0. The summed E-state index contributed by atoms with van der Waals surface area (Å²) in [5, 5.41) is 10.9. The summed E-state index contributed by atoms with van der Waals surface area (Å²) in [7, 11) is 1.84. The van der Waals surface area contributed by atoms with Crippen molar-refractivity contribution >= 4 is 57.7 Å². The highest BCUT2D eigenvalue weighted by Gasteiger charge is 2.36. The van der Waals surface area contributed by atoms with E-state index in [0.29, 0.717) is 54.1 Å². The van der Waals surface area contributed by atoms with E-state index >= 15 is 0 Å². The van der Waals surface area contributed by atoms with Gasteiger partial charge in [-0.25, -0.2) is 14.8 Å². The minimum absolute atomic E-state index is 0.0692. The number of nitrogens with one attached hydrogen (secondary N) is 2. The molecule has 0 aliphatic carbocycles. The van der Waals surface area contributed by atoms with Crippen LogP contribution in [0.4, 0.5) is 27.8 Å². The number of benzene rings is 2. The summed E-state index contributed by atoms with van der Waals surface area (Å²) in [4.78, 5) is 69.4.